The molecular formula is C16H24ClN3O2S. The number of hydrogen-bond donors (Lipinski definition) is 0. The van der Waals surface area contributed by atoms with Crippen LogP contribution < -0.4 is 0 Å². The Kier molecular flexibility index (Phi) is 6.89. The van der Waals surface area contributed by atoms with E-state index in [4.69, 9.17) is 4.99 Å². The van der Waals surface area contributed by atoms with Gasteiger partial charge in [-0.3, -0.25) is 10.1 Å². The van der Waals surface area contributed by atoms with Crippen LogP contribution in [-0.4, -0.2) is 33.8 Å². The van der Waals surface area contributed by atoms with Crippen LogP contribution in [0.15, 0.2) is 17.1 Å². The molecule has 0 spiro atoms. The standard InChI is InChI=1S/C16H23N3O2S.ClH/c1-10(2)6-14-9-22-16(18(14)5)17-15-11(3)7-13(19(20)21)8-12(15)4;/h7-8,10,14H,6,9H2,1-5H3;1H/t14-;/m0./s1. The van der Waals surface area contributed by atoms with Crippen molar-refractivity contribution in [2.24, 2.45) is 10.9 Å². The predicted octanol–water partition coefficient (Wildman–Crippen LogP) is 4.71. The molecule has 1 aliphatic heterocycles. The Morgan fingerprint density at radius 2 is 1.96 bits per heavy atom. The van der Waals surface area contributed by atoms with Crippen molar-refractivity contribution in [2.75, 3.05) is 12.8 Å². The lowest BCUT2D eigenvalue weighted by Crippen LogP contribution is -2.30. The molecule has 1 aromatic rings. The number of nitro benzene ring substituents is 1. The van der Waals surface area contributed by atoms with Crippen LogP contribution in [0.2, 0.25) is 0 Å². The quantitative estimate of drug-likeness (QED) is 0.578. The lowest BCUT2D eigenvalue weighted by Gasteiger charge is -2.22. The van der Waals surface area contributed by atoms with E-state index < -0.39 is 0 Å². The highest BCUT2D eigenvalue weighted by Crippen LogP contribution is 2.33. The SMILES string of the molecule is Cc1cc([N+](=O)[O-])cc(C)c1N=C1SC[C@H](CC(C)C)N1C.Cl. The number of nitrogens with zero attached hydrogens (tertiary/aromatic N) is 3. The molecular weight excluding hydrogens is 334 g/mol. The van der Waals surface area contributed by atoms with E-state index in [0.29, 0.717) is 12.0 Å². The van der Waals surface area contributed by atoms with Crippen LogP contribution in [0.1, 0.15) is 31.4 Å². The molecule has 0 N–H and O–H groups in total. The Morgan fingerprint density at radius 1 is 1.39 bits per heavy atom. The largest absolute Gasteiger partial charge is 0.350 e. The summed E-state index contributed by atoms with van der Waals surface area (Å²) in [6, 6.07) is 3.71. The molecule has 0 bridgehead atoms. The van der Waals surface area contributed by atoms with Crippen LogP contribution in [0, 0.1) is 29.9 Å². The molecule has 23 heavy (non-hydrogen) atoms. The van der Waals surface area contributed by atoms with Gasteiger partial charge in [0, 0.05) is 31.0 Å². The maximum absolute atomic E-state index is 10.9. The second kappa shape index (κ2) is 8.02. The van der Waals surface area contributed by atoms with E-state index in [1.54, 1.807) is 23.9 Å². The van der Waals surface area contributed by atoms with Crippen molar-refractivity contribution in [3.8, 4) is 0 Å². The molecule has 1 atom stereocenters. The van der Waals surface area contributed by atoms with Crippen molar-refractivity contribution in [3.63, 3.8) is 0 Å². The molecule has 0 saturated carbocycles. The predicted molar refractivity (Wildman–Crippen MR) is 100 cm³/mol. The molecule has 128 valence electrons. The minimum atomic E-state index is -0.355. The van der Waals surface area contributed by atoms with Gasteiger partial charge in [-0.05, 0) is 37.3 Å². The van der Waals surface area contributed by atoms with E-state index in [2.05, 4.69) is 25.8 Å². The molecule has 0 unspecified atom stereocenters. The van der Waals surface area contributed by atoms with Gasteiger partial charge in [0.15, 0.2) is 5.17 Å². The lowest BCUT2D eigenvalue weighted by molar-refractivity contribution is -0.384. The van der Waals surface area contributed by atoms with Gasteiger partial charge < -0.3 is 4.90 Å². The summed E-state index contributed by atoms with van der Waals surface area (Å²) < 4.78 is 0. The van der Waals surface area contributed by atoms with Gasteiger partial charge in [-0.1, -0.05) is 25.6 Å². The Bertz CT molecular complexity index is 596. The minimum Gasteiger partial charge on any atom is -0.350 e. The number of amidine groups is 1. The average molecular weight is 358 g/mol. The van der Waals surface area contributed by atoms with E-state index >= 15 is 0 Å². The Morgan fingerprint density at radius 3 is 2.43 bits per heavy atom. The third kappa shape index (κ3) is 4.61. The maximum atomic E-state index is 10.9. The molecule has 1 heterocycles. The van der Waals surface area contributed by atoms with Crippen LogP contribution in [0.5, 0.6) is 0 Å². The number of nitro groups is 1. The molecule has 5 nitrogen and oxygen atoms in total. The monoisotopic (exact) mass is 357 g/mol. The highest BCUT2D eigenvalue weighted by molar-refractivity contribution is 8.14. The molecule has 1 saturated heterocycles. The van der Waals surface area contributed by atoms with Gasteiger partial charge in [-0.2, -0.15) is 0 Å². The van der Waals surface area contributed by atoms with E-state index in [9.17, 15) is 10.1 Å². The fraction of sp³-hybridized carbons (Fsp3) is 0.562. The Balaban J connectivity index is 0.00000264. The van der Waals surface area contributed by atoms with Crippen molar-refractivity contribution < 1.29 is 4.92 Å². The summed E-state index contributed by atoms with van der Waals surface area (Å²) in [6.07, 6.45) is 1.15. The van der Waals surface area contributed by atoms with Gasteiger partial charge in [0.05, 0.1) is 10.6 Å². The fourth-order valence-electron chi connectivity index (χ4n) is 2.73. The van der Waals surface area contributed by atoms with Crippen LogP contribution in [0.4, 0.5) is 11.4 Å². The van der Waals surface area contributed by atoms with Crippen molar-refractivity contribution in [3.05, 3.63) is 33.4 Å². The van der Waals surface area contributed by atoms with Crippen LogP contribution in [0.25, 0.3) is 0 Å². The number of non-ortho nitro benzene ring substituents is 1. The zero-order valence-corrected chi connectivity index (χ0v) is 15.8. The van der Waals surface area contributed by atoms with Gasteiger partial charge in [0.2, 0.25) is 0 Å². The smallest absolute Gasteiger partial charge is 0.270 e. The molecule has 7 heteroatoms. The fourth-order valence-corrected chi connectivity index (χ4v) is 3.94. The van der Waals surface area contributed by atoms with E-state index in [1.807, 2.05) is 13.8 Å². The van der Waals surface area contributed by atoms with Gasteiger partial charge >= 0.3 is 0 Å². The van der Waals surface area contributed by atoms with Gasteiger partial charge in [-0.15, -0.1) is 12.4 Å². The second-order valence-corrected chi connectivity index (χ2v) is 7.27. The first-order valence-corrected chi connectivity index (χ1v) is 8.48. The first-order chi connectivity index (χ1) is 10.3. The first-order valence-electron chi connectivity index (χ1n) is 7.49. The highest BCUT2D eigenvalue weighted by atomic mass is 35.5. The summed E-state index contributed by atoms with van der Waals surface area (Å²) in [5.41, 5.74) is 2.68. The summed E-state index contributed by atoms with van der Waals surface area (Å²) >= 11 is 1.77. The number of benzene rings is 1. The number of halogens is 1. The normalized spacial score (nSPS) is 19.3. The number of hydrogen-bond acceptors (Lipinski definition) is 4. The summed E-state index contributed by atoms with van der Waals surface area (Å²) in [5, 5.41) is 11.9. The first kappa shape index (κ1) is 19.8. The minimum absolute atomic E-state index is 0. The van der Waals surface area contributed by atoms with Crippen molar-refractivity contribution in [1.29, 1.82) is 0 Å². The lowest BCUT2D eigenvalue weighted by atomic mass is 10.0. The molecule has 0 radical (unpaired) electrons. The van der Waals surface area contributed by atoms with Gasteiger partial charge in [0.25, 0.3) is 5.69 Å². The Hall–Kier alpha value is -1.27. The molecule has 1 aromatic carbocycles. The van der Waals surface area contributed by atoms with Crippen molar-refractivity contribution in [1.82, 2.24) is 4.90 Å². The van der Waals surface area contributed by atoms with E-state index in [-0.39, 0.29) is 23.0 Å². The zero-order chi connectivity index (χ0) is 16.4. The number of aliphatic imine (C=N–C) groups is 1. The number of aryl methyl sites for hydroxylation is 2. The number of thioether (sulfide) groups is 1. The van der Waals surface area contributed by atoms with Crippen molar-refractivity contribution in [2.45, 2.75) is 40.2 Å². The summed E-state index contributed by atoms with van der Waals surface area (Å²) in [5.74, 6) is 1.72. The van der Waals surface area contributed by atoms with Crippen LogP contribution in [0.3, 0.4) is 0 Å². The topological polar surface area (TPSA) is 58.7 Å². The summed E-state index contributed by atoms with van der Waals surface area (Å²) in [7, 11) is 2.09. The van der Waals surface area contributed by atoms with Gasteiger partial charge in [-0.25, -0.2) is 4.99 Å². The van der Waals surface area contributed by atoms with Gasteiger partial charge in [0.1, 0.15) is 0 Å². The zero-order valence-electron chi connectivity index (χ0n) is 14.2. The van der Waals surface area contributed by atoms with Crippen molar-refractivity contribution >= 4 is 40.7 Å². The van der Waals surface area contributed by atoms with E-state index in [1.165, 1.54) is 0 Å². The van der Waals surface area contributed by atoms with E-state index in [0.717, 1.165) is 34.2 Å². The summed E-state index contributed by atoms with van der Waals surface area (Å²) in [4.78, 5) is 17.6. The summed E-state index contributed by atoms with van der Waals surface area (Å²) in [6.45, 7) is 8.23. The molecule has 0 aromatic heterocycles. The average Bonchev–Trinajstić information content (AvgIpc) is 2.74. The Labute approximate surface area is 148 Å². The van der Waals surface area contributed by atoms with Crippen LogP contribution in [-0.2, 0) is 0 Å². The third-order valence-corrected chi connectivity index (χ3v) is 5.08. The third-order valence-electron chi connectivity index (χ3n) is 3.89. The maximum Gasteiger partial charge on any atom is 0.270 e. The molecule has 0 amide bonds. The number of rotatable bonds is 4. The van der Waals surface area contributed by atoms with Crippen LogP contribution >= 0.6 is 24.2 Å². The molecule has 2 rings (SSSR count). The highest BCUT2D eigenvalue weighted by Gasteiger charge is 2.28. The molecule has 1 fully saturated rings. The molecule has 0 aliphatic carbocycles. The molecule has 1 aliphatic rings. The second-order valence-electron chi connectivity index (χ2n) is 6.28.